The molecule has 1 saturated heterocycles. The first-order valence-electron chi connectivity index (χ1n) is 10.3. The van der Waals surface area contributed by atoms with E-state index in [2.05, 4.69) is 69.5 Å². The number of fused-ring (bicyclic) bond motifs is 1. The molecule has 1 fully saturated rings. The lowest BCUT2D eigenvalue weighted by molar-refractivity contribution is 0.237. The molecule has 0 bridgehead atoms. The van der Waals surface area contributed by atoms with Gasteiger partial charge in [-0.2, -0.15) is 5.26 Å². The molecule has 0 saturated carbocycles. The zero-order chi connectivity index (χ0) is 19.2. The van der Waals surface area contributed by atoms with Gasteiger partial charge in [-0.25, -0.2) is 0 Å². The zero-order valence-corrected chi connectivity index (χ0v) is 16.4. The second-order valence-electron chi connectivity index (χ2n) is 7.66. The first-order chi connectivity index (χ1) is 13.8. The Kier molecular flexibility index (Phi) is 6.06. The summed E-state index contributed by atoms with van der Waals surface area (Å²) in [6.45, 7) is 6.62. The maximum atomic E-state index is 9.32. The highest BCUT2D eigenvalue weighted by Gasteiger charge is 2.12. The molecule has 4 rings (SSSR count). The van der Waals surface area contributed by atoms with E-state index in [-0.39, 0.29) is 0 Å². The molecule has 1 N–H and O–H groups in total. The van der Waals surface area contributed by atoms with E-state index in [4.69, 9.17) is 0 Å². The molecule has 4 nitrogen and oxygen atoms in total. The molecule has 28 heavy (non-hydrogen) atoms. The van der Waals surface area contributed by atoms with Crippen LogP contribution in [0.1, 0.15) is 29.5 Å². The summed E-state index contributed by atoms with van der Waals surface area (Å²) in [5, 5.41) is 14.0. The Morgan fingerprint density at radius 3 is 2.61 bits per heavy atom. The Hall–Kier alpha value is -2.61. The lowest BCUT2D eigenvalue weighted by Gasteiger charge is -2.26. The van der Waals surface area contributed by atoms with Crippen molar-refractivity contribution in [3.05, 3.63) is 71.4 Å². The average molecular weight is 373 g/mol. The van der Waals surface area contributed by atoms with Crippen LogP contribution >= 0.6 is 0 Å². The van der Waals surface area contributed by atoms with E-state index in [0.717, 1.165) is 31.6 Å². The minimum atomic E-state index is 0.743. The predicted molar refractivity (Wildman–Crippen MR) is 114 cm³/mol. The molecular weight excluding hydrogens is 344 g/mol. The van der Waals surface area contributed by atoms with E-state index in [9.17, 15) is 5.26 Å². The van der Waals surface area contributed by atoms with Gasteiger partial charge in [0.2, 0.25) is 0 Å². The van der Waals surface area contributed by atoms with Gasteiger partial charge in [-0.15, -0.1) is 0 Å². The van der Waals surface area contributed by atoms with Crippen molar-refractivity contribution in [2.75, 3.05) is 32.7 Å². The number of nitrogens with one attached hydrogen (secondary N) is 1. The van der Waals surface area contributed by atoms with Gasteiger partial charge in [-0.05, 0) is 55.1 Å². The van der Waals surface area contributed by atoms with Crippen LogP contribution in [0.15, 0.2) is 54.7 Å². The summed E-state index contributed by atoms with van der Waals surface area (Å²) in [4.78, 5) is 2.56. The first kappa shape index (κ1) is 18.7. The van der Waals surface area contributed by atoms with Crippen LogP contribution in [0, 0.1) is 11.3 Å². The van der Waals surface area contributed by atoms with Crippen molar-refractivity contribution < 1.29 is 0 Å². The smallest absolute Gasteiger partial charge is 0.0991 e. The molecular formula is C24H28N4. The van der Waals surface area contributed by atoms with Crippen molar-refractivity contribution in [1.29, 1.82) is 5.26 Å². The Labute approximate surface area is 167 Å². The summed E-state index contributed by atoms with van der Waals surface area (Å²) in [5.74, 6) is 0. The van der Waals surface area contributed by atoms with Gasteiger partial charge in [0.25, 0.3) is 0 Å². The number of aryl methyl sites for hydroxylation is 1. The average Bonchev–Trinajstić information content (AvgIpc) is 3.09. The second-order valence-corrected chi connectivity index (χ2v) is 7.66. The number of hydrogen-bond acceptors (Lipinski definition) is 3. The minimum Gasteiger partial charge on any atom is -0.343 e. The van der Waals surface area contributed by atoms with Gasteiger partial charge < -0.3 is 14.8 Å². The summed E-state index contributed by atoms with van der Waals surface area (Å²) < 4.78 is 2.33. The van der Waals surface area contributed by atoms with Crippen LogP contribution in [0.3, 0.4) is 0 Å². The third kappa shape index (κ3) is 4.44. The van der Waals surface area contributed by atoms with Gasteiger partial charge >= 0.3 is 0 Å². The molecule has 1 aliphatic rings. The molecule has 2 heterocycles. The standard InChI is InChI=1S/C24H28N4/c25-17-21-9-10-24-23(16-21)22(8-4-5-13-27-14-11-26-12-15-27)19-28(24)18-20-6-2-1-3-7-20/h1-3,6-7,9-10,16,19,26H,4-5,8,11-15,18H2. The Morgan fingerprint density at radius 1 is 1.00 bits per heavy atom. The van der Waals surface area contributed by atoms with Gasteiger partial charge in [-0.1, -0.05) is 30.3 Å². The normalized spacial score (nSPS) is 15.0. The molecule has 0 spiro atoms. The highest BCUT2D eigenvalue weighted by atomic mass is 15.2. The molecule has 2 aromatic carbocycles. The van der Waals surface area contributed by atoms with Crippen LogP contribution in [0.5, 0.6) is 0 Å². The lowest BCUT2D eigenvalue weighted by atomic mass is 10.1. The maximum absolute atomic E-state index is 9.32. The fraction of sp³-hybridized carbons (Fsp3) is 0.375. The largest absolute Gasteiger partial charge is 0.343 e. The third-order valence-corrected chi connectivity index (χ3v) is 5.67. The van der Waals surface area contributed by atoms with E-state index >= 15 is 0 Å². The highest BCUT2D eigenvalue weighted by molar-refractivity contribution is 5.85. The predicted octanol–water partition coefficient (Wildman–Crippen LogP) is 3.79. The van der Waals surface area contributed by atoms with Gasteiger partial charge in [0.1, 0.15) is 0 Å². The van der Waals surface area contributed by atoms with Crippen molar-refractivity contribution in [3.63, 3.8) is 0 Å². The quantitative estimate of drug-likeness (QED) is 0.642. The van der Waals surface area contributed by atoms with E-state index in [0.29, 0.717) is 0 Å². The highest BCUT2D eigenvalue weighted by Crippen LogP contribution is 2.25. The summed E-state index contributed by atoms with van der Waals surface area (Å²) >= 11 is 0. The number of rotatable bonds is 7. The van der Waals surface area contributed by atoms with Crippen LogP contribution in [-0.4, -0.2) is 42.2 Å². The van der Waals surface area contributed by atoms with Gasteiger partial charge in [0.05, 0.1) is 11.6 Å². The molecule has 4 heteroatoms. The summed E-state index contributed by atoms with van der Waals surface area (Å²) in [7, 11) is 0. The number of piperazine rings is 1. The molecule has 0 unspecified atom stereocenters. The molecule has 0 radical (unpaired) electrons. The zero-order valence-electron chi connectivity index (χ0n) is 16.4. The molecule has 0 aliphatic carbocycles. The summed E-state index contributed by atoms with van der Waals surface area (Å²) in [6.07, 6.45) is 5.78. The second kappa shape index (κ2) is 9.05. The van der Waals surface area contributed by atoms with E-state index in [1.54, 1.807) is 0 Å². The Bertz CT molecular complexity index is 946. The number of nitrogens with zero attached hydrogens (tertiary/aromatic N) is 3. The SMILES string of the molecule is N#Cc1ccc2c(c1)c(CCCCN1CCNCC1)cn2Cc1ccccc1. The monoisotopic (exact) mass is 372 g/mol. The summed E-state index contributed by atoms with van der Waals surface area (Å²) in [5.41, 5.74) is 4.63. The number of hydrogen-bond donors (Lipinski definition) is 1. The maximum Gasteiger partial charge on any atom is 0.0991 e. The lowest BCUT2D eigenvalue weighted by Crippen LogP contribution is -2.43. The van der Waals surface area contributed by atoms with Crippen molar-refractivity contribution in [1.82, 2.24) is 14.8 Å². The van der Waals surface area contributed by atoms with Crippen LogP contribution in [0.4, 0.5) is 0 Å². The Morgan fingerprint density at radius 2 is 1.82 bits per heavy atom. The van der Waals surface area contributed by atoms with E-state index in [1.165, 1.54) is 54.5 Å². The molecule has 0 amide bonds. The number of unbranched alkanes of at least 4 members (excludes halogenated alkanes) is 1. The fourth-order valence-corrected chi connectivity index (χ4v) is 4.14. The van der Waals surface area contributed by atoms with Gasteiger partial charge in [0, 0.05) is 49.8 Å². The molecule has 1 aromatic heterocycles. The summed E-state index contributed by atoms with van der Waals surface area (Å²) in [6, 6.07) is 19.0. The van der Waals surface area contributed by atoms with Gasteiger partial charge in [-0.3, -0.25) is 0 Å². The van der Waals surface area contributed by atoms with E-state index in [1.807, 2.05) is 6.07 Å². The first-order valence-corrected chi connectivity index (χ1v) is 10.3. The molecule has 1 aliphatic heterocycles. The van der Waals surface area contributed by atoms with Crippen molar-refractivity contribution in [2.24, 2.45) is 0 Å². The van der Waals surface area contributed by atoms with Crippen LogP contribution in [0.2, 0.25) is 0 Å². The number of nitriles is 1. The van der Waals surface area contributed by atoms with Crippen LogP contribution in [-0.2, 0) is 13.0 Å². The van der Waals surface area contributed by atoms with Crippen LogP contribution < -0.4 is 5.32 Å². The number of aromatic nitrogens is 1. The van der Waals surface area contributed by atoms with Crippen LogP contribution in [0.25, 0.3) is 10.9 Å². The van der Waals surface area contributed by atoms with Gasteiger partial charge in [0.15, 0.2) is 0 Å². The van der Waals surface area contributed by atoms with Crippen molar-refractivity contribution >= 4 is 10.9 Å². The van der Waals surface area contributed by atoms with Crippen molar-refractivity contribution in [2.45, 2.75) is 25.8 Å². The fourth-order valence-electron chi connectivity index (χ4n) is 4.14. The van der Waals surface area contributed by atoms with E-state index < -0.39 is 0 Å². The molecule has 144 valence electrons. The minimum absolute atomic E-state index is 0.743. The topological polar surface area (TPSA) is 44.0 Å². The van der Waals surface area contributed by atoms with Crippen molar-refractivity contribution in [3.8, 4) is 6.07 Å². The number of benzene rings is 2. The Balaban J connectivity index is 1.48. The molecule has 3 aromatic rings. The molecule has 0 atom stereocenters. The third-order valence-electron chi connectivity index (χ3n) is 5.67.